The molecule has 3 heterocycles. The van der Waals surface area contributed by atoms with Crippen molar-refractivity contribution >= 4 is 19.1 Å². The van der Waals surface area contributed by atoms with Gasteiger partial charge in [-0.3, -0.25) is 5.10 Å². The van der Waals surface area contributed by atoms with Gasteiger partial charge >= 0.3 is 0 Å². The standard InChI is InChI=1S/C18H15BN6O/c19-16-10(6-20)2-1-3-11(16)15-12(7-21)17(14-9-22-4-5-26-14)24-18-13(15)8-23-25-18/h1-3,8,14-15,22H,4-5,9H2,(H2,23,24,25). The Morgan fingerprint density at radius 3 is 2.85 bits per heavy atom. The molecule has 0 saturated carbocycles. The summed E-state index contributed by atoms with van der Waals surface area (Å²) in [5, 5.41) is 32.8. The fourth-order valence-corrected chi connectivity index (χ4v) is 3.51. The van der Waals surface area contributed by atoms with Crippen LogP contribution in [0.25, 0.3) is 0 Å². The van der Waals surface area contributed by atoms with E-state index in [1.165, 1.54) is 0 Å². The zero-order chi connectivity index (χ0) is 18.1. The number of ether oxygens (including phenoxy) is 1. The smallest absolute Gasteiger partial charge is 0.129 e. The number of rotatable bonds is 2. The Bertz CT molecular complexity index is 961. The molecule has 0 aliphatic carbocycles. The van der Waals surface area contributed by atoms with Crippen LogP contribution in [0.2, 0.25) is 0 Å². The third-order valence-corrected chi connectivity index (χ3v) is 4.76. The minimum atomic E-state index is -0.413. The van der Waals surface area contributed by atoms with E-state index in [0.29, 0.717) is 46.8 Å². The number of allylic oxidation sites excluding steroid dienone is 1. The van der Waals surface area contributed by atoms with Crippen molar-refractivity contribution in [3.05, 3.63) is 52.4 Å². The first-order valence-corrected chi connectivity index (χ1v) is 8.29. The number of fused-ring (bicyclic) bond motifs is 1. The molecule has 1 aromatic carbocycles. The highest BCUT2D eigenvalue weighted by molar-refractivity contribution is 6.35. The molecule has 2 aliphatic heterocycles. The third-order valence-electron chi connectivity index (χ3n) is 4.76. The van der Waals surface area contributed by atoms with E-state index in [4.69, 9.17) is 12.6 Å². The normalized spacial score (nSPS) is 22.1. The molecule has 1 fully saturated rings. The number of hydrogen-bond acceptors (Lipinski definition) is 6. The Balaban J connectivity index is 1.90. The molecule has 7 nitrogen and oxygen atoms in total. The van der Waals surface area contributed by atoms with E-state index in [1.807, 2.05) is 6.07 Å². The molecule has 1 saturated heterocycles. The molecule has 3 N–H and O–H groups in total. The molecule has 2 aliphatic rings. The van der Waals surface area contributed by atoms with Crippen molar-refractivity contribution in [3.63, 3.8) is 0 Å². The van der Waals surface area contributed by atoms with Crippen LogP contribution in [-0.2, 0) is 4.74 Å². The van der Waals surface area contributed by atoms with E-state index in [2.05, 4.69) is 33.0 Å². The number of H-pyrrole nitrogens is 1. The number of benzene rings is 1. The topological polar surface area (TPSA) is 110 Å². The maximum absolute atomic E-state index is 9.94. The second-order valence-electron chi connectivity index (χ2n) is 6.18. The summed E-state index contributed by atoms with van der Waals surface area (Å²) in [4.78, 5) is 0. The van der Waals surface area contributed by atoms with Gasteiger partial charge in [-0.25, -0.2) is 0 Å². The van der Waals surface area contributed by atoms with Gasteiger partial charge < -0.3 is 15.4 Å². The minimum Gasteiger partial charge on any atom is -0.369 e. The highest BCUT2D eigenvalue weighted by atomic mass is 16.5. The van der Waals surface area contributed by atoms with Gasteiger partial charge in [-0.2, -0.15) is 15.6 Å². The van der Waals surface area contributed by atoms with Crippen LogP contribution in [0.15, 0.2) is 35.7 Å². The molecule has 0 bridgehead atoms. The predicted octanol–water partition coefficient (Wildman–Crippen LogP) is 0.399. The summed E-state index contributed by atoms with van der Waals surface area (Å²) >= 11 is 0. The third kappa shape index (κ3) is 2.57. The van der Waals surface area contributed by atoms with E-state index in [-0.39, 0.29) is 6.10 Å². The average molecular weight is 342 g/mol. The van der Waals surface area contributed by atoms with Crippen molar-refractivity contribution in [2.75, 3.05) is 25.0 Å². The summed E-state index contributed by atoms with van der Waals surface area (Å²) in [6.07, 6.45) is 1.41. The van der Waals surface area contributed by atoms with E-state index >= 15 is 0 Å². The van der Waals surface area contributed by atoms with E-state index in [9.17, 15) is 10.5 Å². The Hall–Kier alpha value is -3.07. The van der Waals surface area contributed by atoms with Gasteiger partial charge in [-0.15, -0.1) is 0 Å². The molecular weight excluding hydrogens is 327 g/mol. The molecule has 0 amide bonds. The Morgan fingerprint density at radius 1 is 1.23 bits per heavy atom. The van der Waals surface area contributed by atoms with Gasteiger partial charge in [0.05, 0.1) is 42.1 Å². The van der Waals surface area contributed by atoms with Crippen molar-refractivity contribution in [2.24, 2.45) is 0 Å². The lowest BCUT2D eigenvalue weighted by molar-refractivity contribution is 0.0518. The Kier molecular flexibility index (Phi) is 4.22. The van der Waals surface area contributed by atoms with Crippen LogP contribution in [-0.4, -0.2) is 43.8 Å². The summed E-state index contributed by atoms with van der Waals surface area (Å²) in [5.41, 5.74) is 3.52. The summed E-state index contributed by atoms with van der Waals surface area (Å²) in [5.74, 6) is 0.295. The number of morpholine rings is 1. The molecule has 2 atom stereocenters. The zero-order valence-electron chi connectivity index (χ0n) is 13.9. The van der Waals surface area contributed by atoms with Crippen molar-refractivity contribution in [1.82, 2.24) is 15.5 Å². The van der Waals surface area contributed by atoms with Gasteiger partial charge in [-0.1, -0.05) is 17.6 Å². The van der Waals surface area contributed by atoms with Crippen LogP contribution in [0.3, 0.4) is 0 Å². The lowest BCUT2D eigenvalue weighted by atomic mass is 9.74. The molecule has 8 heteroatoms. The highest BCUT2D eigenvalue weighted by Gasteiger charge is 2.35. The number of anilines is 1. The fraction of sp³-hybridized carbons (Fsp3) is 0.278. The zero-order valence-corrected chi connectivity index (χ0v) is 13.9. The van der Waals surface area contributed by atoms with E-state index < -0.39 is 5.92 Å². The molecule has 126 valence electrons. The van der Waals surface area contributed by atoms with Crippen LogP contribution >= 0.6 is 0 Å². The lowest BCUT2D eigenvalue weighted by Gasteiger charge is -2.33. The SMILES string of the molecule is [B]c1c(C#N)cccc1C1C(C#N)=C(C2CNCCO2)Nc2[nH]ncc21. The predicted molar refractivity (Wildman–Crippen MR) is 95.8 cm³/mol. The number of nitriles is 2. The van der Waals surface area contributed by atoms with Crippen LogP contribution in [0.5, 0.6) is 0 Å². The quantitative estimate of drug-likeness (QED) is 0.682. The molecular formula is C18H15BN6O. The van der Waals surface area contributed by atoms with E-state index in [0.717, 1.165) is 12.1 Å². The largest absolute Gasteiger partial charge is 0.369 e. The number of nitrogens with zero attached hydrogens (tertiary/aromatic N) is 3. The van der Waals surface area contributed by atoms with Crippen LogP contribution in [0.1, 0.15) is 22.6 Å². The number of nitrogens with one attached hydrogen (secondary N) is 3. The monoisotopic (exact) mass is 342 g/mol. The molecule has 4 rings (SSSR count). The first-order chi connectivity index (χ1) is 12.7. The maximum Gasteiger partial charge on any atom is 0.129 e. The van der Waals surface area contributed by atoms with Gasteiger partial charge in [0.1, 0.15) is 19.8 Å². The maximum atomic E-state index is 9.94. The fourth-order valence-electron chi connectivity index (χ4n) is 3.51. The average Bonchev–Trinajstić information content (AvgIpc) is 3.16. The van der Waals surface area contributed by atoms with E-state index in [1.54, 1.807) is 18.3 Å². The highest BCUT2D eigenvalue weighted by Crippen LogP contribution is 2.41. The Labute approximate surface area is 152 Å². The van der Waals surface area contributed by atoms with Gasteiger partial charge in [0.15, 0.2) is 0 Å². The molecule has 26 heavy (non-hydrogen) atoms. The second-order valence-corrected chi connectivity index (χ2v) is 6.18. The molecule has 1 aromatic heterocycles. The first kappa shape index (κ1) is 16.4. The van der Waals surface area contributed by atoms with Gasteiger partial charge in [0.25, 0.3) is 0 Å². The molecule has 0 spiro atoms. The van der Waals surface area contributed by atoms with Crippen molar-refractivity contribution in [1.29, 1.82) is 10.5 Å². The van der Waals surface area contributed by atoms with Gasteiger partial charge in [0, 0.05) is 24.2 Å². The molecule has 2 radical (unpaired) electrons. The van der Waals surface area contributed by atoms with Crippen LogP contribution < -0.4 is 16.1 Å². The minimum absolute atomic E-state index is 0.266. The molecule has 2 unspecified atom stereocenters. The summed E-state index contributed by atoms with van der Waals surface area (Å²) < 4.78 is 5.85. The van der Waals surface area contributed by atoms with Crippen LogP contribution in [0, 0.1) is 22.7 Å². The van der Waals surface area contributed by atoms with Gasteiger partial charge in [-0.05, 0) is 11.6 Å². The van der Waals surface area contributed by atoms with Crippen LogP contribution in [0.4, 0.5) is 5.82 Å². The number of aromatic nitrogens is 2. The second kappa shape index (κ2) is 6.68. The van der Waals surface area contributed by atoms with Crippen molar-refractivity contribution in [2.45, 2.75) is 12.0 Å². The summed E-state index contributed by atoms with van der Waals surface area (Å²) in [6, 6.07) is 9.72. The Morgan fingerprint density at radius 2 is 2.12 bits per heavy atom. The van der Waals surface area contributed by atoms with Crippen molar-refractivity contribution < 1.29 is 4.74 Å². The van der Waals surface area contributed by atoms with Gasteiger partial charge in [0.2, 0.25) is 0 Å². The lowest BCUT2D eigenvalue weighted by Crippen LogP contribution is -2.42. The first-order valence-electron chi connectivity index (χ1n) is 8.29. The summed E-state index contributed by atoms with van der Waals surface area (Å²) in [7, 11) is 6.24. The molecule has 2 aromatic rings. The summed E-state index contributed by atoms with van der Waals surface area (Å²) in [6.45, 7) is 1.96. The van der Waals surface area contributed by atoms with Crippen molar-refractivity contribution in [3.8, 4) is 12.1 Å². The number of hydrogen-bond donors (Lipinski definition) is 3. The number of aromatic amines is 1.